The molecule has 7 heteroatoms. The maximum atomic E-state index is 11.9. The van der Waals surface area contributed by atoms with Crippen LogP contribution in [0.4, 0.5) is 10.5 Å². The van der Waals surface area contributed by atoms with Gasteiger partial charge in [0.2, 0.25) is 0 Å². The summed E-state index contributed by atoms with van der Waals surface area (Å²) >= 11 is 5.10. The third-order valence-electron chi connectivity index (χ3n) is 2.77. The van der Waals surface area contributed by atoms with Crippen molar-refractivity contribution in [1.82, 2.24) is 4.90 Å². The Morgan fingerprint density at radius 1 is 1.25 bits per heavy atom. The number of hydrogen-bond donors (Lipinski definition) is 3. The van der Waals surface area contributed by atoms with Crippen LogP contribution in [0.5, 0.6) is 0 Å². The second-order valence-corrected chi connectivity index (χ2v) is 4.61. The summed E-state index contributed by atoms with van der Waals surface area (Å²) in [4.78, 5) is 23.6. The molecular weight excluding hydrogens is 280 g/mol. The van der Waals surface area contributed by atoms with Crippen molar-refractivity contribution in [2.24, 2.45) is 0 Å². The maximum absolute atomic E-state index is 11.9. The first kappa shape index (κ1) is 14.0. The van der Waals surface area contributed by atoms with Gasteiger partial charge >= 0.3 is 6.09 Å². The van der Waals surface area contributed by atoms with Crippen molar-refractivity contribution < 1.29 is 19.8 Å². The molecule has 0 aromatic heterocycles. The number of nitrogens with zero attached hydrogens (tertiary/aromatic N) is 1. The van der Waals surface area contributed by atoms with E-state index in [9.17, 15) is 14.7 Å². The number of benzene rings is 1. The van der Waals surface area contributed by atoms with Crippen molar-refractivity contribution in [3.63, 3.8) is 0 Å². The van der Waals surface area contributed by atoms with Crippen LogP contribution in [0.3, 0.4) is 0 Å². The zero-order valence-corrected chi connectivity index (χ0v) is 11.2. The normalized spacial score (nSPS) is 15.2. The molecule has 2 rings (SSSR count). The smallest absolute Gasteiger partial charge is 0.408 e. The average Bonchev–Trinajstić information content (AvgIpc) is 2.38. The van der Waals surface area contributed by atoms with Crippen LogP contribution in [0, 0.1) is 0 Å². The van der Waals surface area contributed by atoms with Crippen molar-refractivity contribution in [3.05, 3.63) is 41.7 Å². The number of hydrogen-bond acceptors (Lipinski definition) is 4. The number of carboxylic acid groups (broad SMARTS) is 1. The number of amides is 1. The number of rotatable bonds is 2. The third-order valence-corrected chi connectivity index (χ3v) is 3.08. The zero-order valence-electron chi connectivity index (χ0n) is 10.4. The molecule has 1 aromatic carbocycles. The monoisotopic (exact) mass is 292 g/mol. The molecule has 1 aliphatic rings. The molecule has 1 aliphatic heterocycles. The molecule has 0 spiro atoms. The fraction of sp³-hybridized carbons (Fsp3) is 0.154. The van der Waals surface area contributed by atoms with E-state index in [2.05, 4.69) is 5.32 Å². The van der Waals surface area contributed by atoms with E-state index in [0.29, 0.717) is 5.69 Å². The highest BCUT2D eigenvalue weighted by molar-refractivity contribution is 7.81. The van der Waals surface area contributed by atoms with Crippen LogP contribution in [0.15, 0.2) is 41.7 Å². The Kier molecular flexibility index (Phi) is 3.99. The molecule has 0 atom stereocenters. The number of ketones is 1. The molecule has 20 heavy (non-hydrogen) atoms. The minimum atomic E-state index is -1.26. The summed E-state index contributed by atoms with van der Waals surface area (Å²) in [5.74, 6) is -0.860. The van der Waals surface area contributed by atoms with Crippen LogP contribution in [-0.2, 0) is 4.79 Å². The van der Waals surface area contributed by atoms with Crippen molar-refractivity contribution in [2.75, 3.05) is 18.4 Å². The fourth-order valence-electron chi connectivity index (χ4n) is 1.84. The molecule has 0 radical (unpaired) electrons. The van der Waals surface area contributed by atoms with Gasteiger partial charge in [-0.15, -0.1) is 0 Å². The lowest BCUT2D eigenvalue weighted by Gasteiger charge is -2.25. The SMILES string of the molecule is O=C1CN(C(=O)O)CC(O)=C1C(=S)Nc1ccccc1. The number of thiocarbonyl (C=S) groups is 1. The Balaban J connectivity index is 2.19. The molecule has 1 aromatic rings. The Labute approximate surface area is 120 Å². The predicted octanol–water partition coefficient (Wildman–Crippen LogP) is 1.80. The second kappa shape index (κ2) is 5.70. The molecule has 104 valence electrons. The van der Waals surface area contributed by atoms with Gasteiger partial charge < -0.3 is 15.5 Å². The van der Waals surface area contributed by atoms with Crippen LogP contribution in [-0.4, -0.2) is 45.1 Å². The molecule has 0 saturated carbocycles. The summed E-state index contributed by atoms with van der Waals surface area (Å²) in [6.45, 7) is -0.557. The van der Waals surface area contributed by atoms with E-state index in [1.165, 1.54) is 0 Å². The standard InChI is InChI=1S/C13H12N2O4S/c16-9-6-15(13(18)19)7-10(17)11(9)12(20)14-8-4-2-1-3-5-8/h1-5,16H,6-7H2,(H,14,20)(H,18,19). The molecule has 0 bridgehead atoms. The highest BCUT2D eigenvalue weighted by Gasteiger charge is 2.30. The lowest BCUT2D eigenvalue weighted by atomic mass is 10.1. The molecule has 0 saturated heterocycles. The largest absolute Gasteiger partial charge is 0.510 e. The van der Waals surface area contributed by atoms with Crippen LogP contribution in [0.2, 0.25) is 0 Å². The summed E-state index contributed by atoms with van der Waals surface area (Å²) in [7, 11) is 0. The van der Waals surface area contributed by atoms with Gasteiger partial charge in [-0.05, 0) is 12.1 Å². The first-order valence-corrected chi connectivity index (χ1v) is 6.19. The highest BCUT2D eigenvalue weighted by atomic mass is 32.1. The van der Waals surface area contributed by atoms with E-state index < -0.39 is 11.9 Å². The predicted molar refractivity (Wildman–Crippen MR) is 76.9 cm³/mol. The van der Waals surface area contributed by atoms with Crippen LogP contribution in [0.1, 0.15) is 0 Å². The Morgan fingerprint density at radius 2 is 1.90 bits per heavy atom. The van der Waals surface area contributed by atoms with Crippen LogP contribution < -0.4 is 5.32 Å². The van der Waals surface area contributed by atoms with Gasteiger partial charge in [-0.1, -0.05) is 30.4 Å². The number of aliphatic hydroxyl groups excluding tert-OH is 1. The van der Waals surface area contributed by atoms with Crippen LogP contribution >= 0.6 is 12.2 Å². The first-order valence-electron chi connectivity index (χ1n) is 5.78. The topological polar surface area (TPSA) is 89.9 Å². The van der Waals surface area contributed by atoms with Gasteiger partial charge in [0.25, 0.3) is 0 Å². The van der Waals surface area contributed by atoms with Gasteiger partial charge in [-0.2, -0.15) is 0 Å². The van der Waals surface area contributed by atoms with Crippen molar-refractivity contribution in [2.45, 2.75) is 0 Å². The molecular formula is C13H12N2O4S. The Morgan fingerprint density at radius 3 is 2.45 bits per heavy atom. The summed E-state index contributed by atoms with van der Waals surface area (Å²) in [6.07, 6.45) is -1.26. The fourth-order valence-corrected chi connectivity index (χ4v) is 2.19. The first-order chi connectivity index (χ1) is 9.49. The third kappa shape index (κ3) is 2.94. The molecule has 1 amide bonds. The molecule has 1 heterocycles. The van der Waals surface area contributed by atoms with Gasteiger partial charge in [-0.3, -0.25) is 9.69 Å². The number of carbonyl (C=O) groups excluding carboxylic acids is 1. The van der Waals surface area contributed by atoms with E-state index in [0.717, 1.165) is 4.90 Å². The van der Waals surface area contributed by atoms with Gasteiger partial charge in [0.05, 0.1) is 18.7 Å². The molecule has 6 nitrogen and oxygen atoms in total. The Hall–Kier alpha value is -2.41. The zero-order chi connectivity index (χ0) is 14.7. The highest BCUT2D eigenvalue weighted by Crippen LogP contribution is 2.17. The lowest BCUT2D eigenvalue weighted by molar-refractivity contribution is -0.116. The average molecular weight is 292 g/mol. The number of carbonyl (C=O) groups is 2. The van der Waals surface area contributed by atoms with Crippen molar-refractivity contribution in [3.8, 4) is 0 Å². The van der Waals surface area contributed by atoms with Crippen LogP contribution in [0.25, 0.3) is 0 Å². The summed E-state index contributed by atoms with van der Waals surface area (Å²) in [5.41, 5.74) is 0.660. The van der Waals surface area contributed by atoms with Gasteiger partial charge in [0.15, 0.2) is 5.78 Å². The van der Waals surface area contributed by atoms with E-state index in [-0.39, 0.29) is 29.4 Å². The second-order valence-electron chi connectivity index (χ2n) is 4.20. The number of para-hydroxylation sites is 1. The molecule has 0 aliphatic carbocycles. The van der Waals surface area contributed by atoms with E-state index in [1.807, 2.05) is 6.07 Å². The van der Waals surface area contributed by atoms with E-state index >= 15 is 0 Å². The summed E-state index contributed by atoms with van der Waals surface area (Å²) < 4.78 is 0. The van der Waals surface area contributed by atoms with Gasteiger partial charge in [0.1, 0.15) is 10.7 Å². The number of Topliss-reactive ketones (excluding diaryl/α,β-unsaturated/α-hetero) is 1. The Bertz CT molecular complexity index is 598. The number of anilines is 1. The van der Waals surface area contributed by atoms with E-state index in [1.54, 1.807) is 24.3 Å². The quantitative estimate of drug-likeness (QED) is 0.720. The van der Waals surface area contributed by atoms with E-state index in [4.69, 9.17) is 17.3 Å². The van der Waals surface area contributed by atoms with Gasteiger partial charge in [0, 0.05) is 5.69 Å². The molecule has 0 fully saturated rings. The minimum Gasteiger partial charge on any atom is -0.510 e. The summed E-state index contributed by atoms with van der Waals surface area (Å²) in [6, 6.07) is 8.96. The maximum Gasteiger partial charge on any atom is 0.408 e. The minimum absolute atomic E-state index is 0.0265. The lowest BCUT2D eigenvalue weighted by Crippen LogP contribution is -2.43. The molecule has 0 unspecified atom stereocenters. The number of nitrogens with one attached hydrogen (secondary N) is 1. The summed E-state index contributed by atoms with van der Waals surface area (Å²) in [5, 5.41) is 21.5. The molecule has 3 N–H and O–H groups in total. The van der Waals surface area contributed by atoms with Crippen molar-refractivity contribution >= 4 is 34.8 Å². The van der Waals surface area contributed by atoms with Gasteiger partial charge in [-0.25, -0.2) is 4.79 Å². The number of aliphatic hydroxyl groups is 1. The van der Waals surface area contributed by atoms with Crippen molar-refractivity contribution in [1.29, 1.82) is 0 Å².